The summed E-state index contributed by atoms with van der Waals surface area (Å²) in [6, 6.07) is 16.8. The van der Waals surface area contributed by atoms with Gasteiger partial charge < -0.3 is 5.32 Å². The molecule has 1 radical (unpaired) electrons. The summed E-state index contributed by atoms with van der Waals surface area (Å²) in [5.74, 6) is -0.179. The molecule has 3 heteroatoms. The first-order chi connectivity index (χ1) is 7.75. The van der Waals surface area contributed by atoms with Gasteiger partial charge in [-0.2, -0.15) is 0 Å². The van der Waals surface area contributed by atoms with Crippen LogP contribution in [0.1, 0.15) is 10.4 Å². The lowest BCUT2D eigenvalue weighted by Crippen LogP contribution is -2.11. The maximum atomic E-state index is 11.8. The number of carbonyl (C=O) groups excluding carboxylic acids is 1. The average Bonchev–Trinajstić information content (AvgIpc) is 2.30. The number of carbonyl (C=O) groups is 1. The summed E-state index contributed by atoms with van der Waals surface area (Å²) in [4.78, 5) is 11.8. The number of benzene rings is 2. The van der Waals surface area contributed by atoms with Crippen LogP contribution in [0.15, 0.2) is 48.5 Å². The van der Waals surface area contributed by atoms with Gasteiger partial charge in [0.15, 0.2) is 0 Å². The maximum Gasteiger partial charge on any atom is 0.255 e. The first-order valence-electron chi connectivity index (χ1n) is 4.79. The molecule has 0 fully saturated rings. The van der Waals surface area contributed by atoms with Crippen LogP contribution >= 0.6 is 11.6 Å². The largest absolute Gasteiger partial charge is 0.322 e. The Balaban J connectivity index is 2.15. The molecule has 16 heavy (non-hydrogen) atoms. The molecule has 0 atom stereocenters. The zero-order valence-electron chi connectivity index (χ0n) is 8.41. The molecular weight excluding hydrogens is 222 g/mol. The van der Waals surface area contributed by atoms with Gasteiger partial charge in [0.2, 0.25) is 0 Å². The minimum absolute atomic E-state index is 0.179. The highest BCUT2D eigenvalue weighted by molar-refractivity contribution is 6.31. The fourth-order valence-electron chi connectivity index (χ4n) is 1.30. The zero-order valence-corrected chi connectivity index (χ0v) is 9.16. The minimum Gasteiger partial charge on any atom is -0.322 e. The summed E-state index contributed by atoms with van der Waals surface area (Å²) in [5.41, 5.74) is 1.25. The number of rotatable bonds is 2. The Labute approximate surface area is 98.9 Å². The predicted octanol–water partition coefficient (Wildman–Crippen LogP) is 3.39. The first-order valence-corrected chi connectivity index (χ1v) is 5.16. The van der Waals surface area contributed by atoms with E-state index in [1.807, 2.05) is 6.07 Å². The third-order valence-electron chi connectivity index (χ3n) is 2.05. The van der Waals surface area contributed by atoms with Crippen LogP contribution in [0.4, 0.5) is 5.69 Å². The lowest BCUT2D eigenvalue weighted by atomic mass is 10.2. The van der Waals surface area contributed by atoms with Gasteiger partial charge in [-0.15, -0.1) is 0 Å². The molecule has 0 aromatic heterocycles. The SMILES string of the molecule is O=C(Nc1c[c]ccc1)c1cccc(Cl)c1. The molecular formula is C13H9ClNO. The predicted molar refractivity (Wildman–Crippen MR) is 64.7 cm³/mol. The molecule has 0 aliphatic rings. The molecule has 2 aromatic rings. The third kappa shape index (κ3) is 2.61. The fraction of sp³-hybridized carbons (Fsp3) is 0. The van der Waals surface area contributed by atoms with Crippen LogP contribution in [-0.4, -0.2) is 5.91 Å². The van der Waals surface area contributed by atoms with Crippen LogP contribution in [0.3, 0.4) is 0 Å². The Morgan fingerprint density at radius 2 is 2.12 bits per heavy atom. The highest BCUT2D eigenvalue weighted by Crippen LogP contribution is 2.13. The number of amides is 1. The van der Waals surface area contributed by atoms with Gasteiger partial charge >= 0.3 is 0 Å². The van der Waals surface area contributed by atoms with E-state index in [1.54, 1.807) is 42.5 Å². The maximum absolute atomic E-state index is 11.8. The Morgan fingerprint density at radius 3 is 2.81 bits per heavy atom. The summed E-state index contributed by atoms with van der Waals surface area (Å²) in [5, 5.41) is 3.30. The smallest absolute Gasteiger partial charge is 0.255 e. The minimum atomic E-state index is -0.179. The van der Waals surface area contributed by atoms with Crippen LogP contribution in [0, 0.1) is 6.07 Å². The zero-order chi connectivity index (χ0) is 11.4. The summed E-state index contributed by atoms with van der Waals surface area (Å²) in [7, 11) is 0. The summed E-state index contributed by atoms with van der Waals surface area (Å²) in [6.45, 7) is 0. The highest BCUT2D eigenvalue weighted by Gasteiger charge is 2.05. The Morgan fingerprint density at radius 1 is 1.25 bits per heavy atom. The second-order valence-electron chi connectivity index (χ2n) is 3.26. The van der Waals surface area contributed by atoms with Gasteiger partial charge in [0, 0.05) is 16.3 Å². The van der Waals surface area contributed by atoms with Crippen LogP contribution in [0.5, 0.6) is 0 Å². The molecule has 2 aromatic carbocycles. The van der Waals surface area contributed by atoms with E-state index in [0.717, 1.165) is 0 Å². The number of halogens is 1. The molecule has 2 rings (SSSR count). The van der Waals surface area contributed by atoms with Crippen LogP contribution < -0.4 is 5.32 Å². The molecule has 2 nitrogen and oxygen atoms in total. The molecule has 0 saturated heterocycles. The highest BCUT2D eigenvalue weighted by atomic mass is 35.5. The molecule has 0 heterocycles. The molecule has 0 bridgehead atoms. The second kappa shape index (κ2) is 4.81. The van der Waals surface area contributed by atoms with Gasteiger partial charge in [-0.25, -0.2) is 0 Å². The van der Waals surface area contributed by atoms with Crippen molar-refractivity contribution in [2.24, 2.45) is 0 Å². The van der Waals surface area contributed by atoms with Crippen molar-refractivity contribution in [2.75, 3.05) is 5.32 Å². The van der Waals surface area contributed by atoms with Crippen molar-refractivity contribution in [3.05, 3.63) is 65.2 Å². The topological polar surface area (TPSA) is 29.1 Å². The van der Waals surface area contributed by atoms with Crippen LogP contribution in [-0.2, 0) is 0 Å². The van der Waals surface area contributed by atoms with Crippen LogP contribution in [0.2, 0.25) is 5.02 Å². The van der Waals surface area contributed by atoms with Crippen molar-refractivity contribution < 1.29 is 4.79 Å². The van der Waals surface area contributed by atoms with Crippen molar-refractivity contribution in [1.82, 2.24) is 0 Å². The fourth-order valence-corrected chi connectivity index (χ4v) is 1.49. The van der Waals surface area contributed by atoms with Gasteiger partial charge in [0.1, 0.15) is 0 Å². The molecule has 79 valence electrons. The van der Waals surface area contributed by atoms with E-state index in [-0.39, 0.29) is 5.91 Å². The van der Waals surface area contributed by atoms with Gasteiger partial charge in [0.05, 0.1) is 0 Å². The molecule has 0 aliphatic heterocycles. The standard InChI is InChI=1S/C13H9ClNO/c14-11-6-4-5-10(9-11)13(16)15-12-7-2-1-3-8-12/h1-2,4-9H,(H,15,16). The van der Waals surface area contributed by atoms with E-state index in [2.05, 4.69) is 11.4 Å². The van der Waals surface area contributed by atoms with Crippen molar-refractivity contribution >= 4 is 23.2 Å². The molecule has 0 aliphatic carbocycles. The van der Waals surface area contributed by atoms with Gasteiger partial charge in [0.25, 0.3) is 5.91 Å². The molecule has 0 saturated carbocycles. The number of hydrogen-bond acceptors (Lipinski definition) is 1. The van der Waals surface area contributed by atoms with Crippen molar-refractivity contribution in [3.63, 3.8) is 0 Å². The van der Waals surface area contributed by atoms with E-state index in [1.165, 1.54) is 0 Å². The van der Waals surface area contributed by atoms with Gasteiger partial charge in [-0.05, 0) is 36.4 Å². The van der Waals surface area contributed by atoms with E-state index < -0.39 is 0 Å². The lowest BCUT2D eigenvalue weighted by Gasteiger charge is -2.04. The Bertz CT molecular complexity index is 496. The molecule has 1 N–H and O–H groups in total. The van der Waals surface area contributed by atoms with Crippen LogP contribution in [0.25, 0.3) is 0 Å². The van der Waals surface area contributed by atoms with Crippen molar-refractivity contribution in [2.45, 2.75) is 0 Å². The van der Waals surface area contributed by atoms with Crippen molar-refractivity contribution in [3.8, 4) is 0 Å². The Kier molecular flexibility index (Phi) is 3.22. The second-order valence-corrected chi connectivity index (χ2v) is 3.69. The Hall–Kier alpha value is -1.80. The number of nitrogens with one attached hydrogen (secondary N) is 1. The van der Waals surface area contributed by atoms with E-state index in [9.17, 15) is 4.79 Å². The number of anilines is 1. The third-order valence-corrected chi connectivity index (χ3v) is 2.29. The normalized spacial score (nSPS) is 9.81. The summed E-state index contributed by atoms with van der Waals surface area (Å²) < 4.78 is 0. The van der Waals surface area contributed by atoms with E-state index in [0.29, 0.717) is 16.3 Å². The summed E-state index contributed by atoms with van der Waals surface area (Å²) >= 11 is 5.81. The first kappa shape index (κ1) is 10.7. The van der Waals surface area contributed by atoms with E-state index in [4.69, 9.17) is 11.6 Å². The number of hydrogen-bond donors (Lipinski definition) is 1. The monoisotopic (exact) mass is 230 g/mol. The summed E-state index contributed by atoms with van der Waals surface area (Å²) in [6.07, 6.45) is 0. The molecule has 0 unspecified atom stereocenters. The molecule has 0 spiro atoms. The van der Waals surface area contributed by atoms with E-state index >= 15 is 0 Å². The quantitative estimate of drug-likeness (QED) is 0.842. The van der Waals surface area contributed by atoms with Gasteiger partial charge in [-0.3, -0.25) is 4.79 Å². The average molecular weight is 231 g/mol. The van der Waals surface area contributed by atoms with Crippen molar-refractivity contribution in [1.29, 1.82) is 0 Å². The van der Waals surface area contributed by atoms with Gasteiger partial charge in [-0.1, -0.05) is 29.8 Å². The lowest BCUT2D eigenvalue weighted by molar-refractivity contribution is 0.102. The molecule has 1 amide bonds.